The maximum Gasteiger partial charge on any atom is 0.411 e. The number of rotatable bonds is 5. The van der Waals surface area contributed by atoms with Crippen molar-refractivity contribution in [3.05, 3.63) is 18.2 Å². The highest BCUT2D eigenvalue weighted by Crippen LogP contribution is 2.29. The Morgan fingerprint density at radius 1 is 1.24 bits per heavy atom. The van der Waals surface area contributed by atoms with Crippen LogP contribution in [0.5, 0.6) is 11.5 Å². The van der Waals surface area contributed by atoms with Gasteiger partial charge in [0.25, 0.3) is 0 Å². The largest absolute Gasteiger partial charge is 0.493 e. The van der Waals surface area contributed by atoms with Gasteiger partial charge in [0, 0.05) is 11.8 Å². The van der Waals surface area contributed by atoms with Gasteiger partial charge in [0.1, 0.15) is 0 Å². The molecule has 1 aromatic carbocycles. The van der Waals surface area contributed by atoms with Crippen LogP contribution in [0.2, 0.25) is 0 Å². The smallest absolute Gasteiger partial charge is 0.411 e. The lowest BCUT2D eigenvalue weighted by atomic mass is 10.3. The van der Waals surface area contributed by atoms with E-state index in [0.717, 1.165) is 6.42 Å². The predicted molar refractivity (Wildman–Crippen MR) is 64.8 cm³/mol. The van der Waals surface area contributed by atoms with E-state index >= 15 is 0 Å². The Hall–Kier alpha value is -1.91. The first-order chi connectivity index (χ1) is 8.21. The van der Waals surface area contributed by atoms with Crippen molar-refractivity contribution in [3.63, 3.8) is 0 Å². The van der Waals surface area contributed by atoms with Crippen LogP contribution >= 0.6 is 0 Å². The molecule has 94 valence electrons. The minimum absolute atomic E-state index is 0.402. The molecule has 0 fully saturated rings. The van der Waals surface area contributed by atoms with Crippen molar-refractivity contribution in [2.45, 2.75) is 13.3 Å². The molecule has 1 aromatic rings. The van der Waals surface area contributed by atoms with Gasteiger partial charge in [-0.2, -0.15) is 0 Å². The average Bonchev–Trinajstić information content (AvgIpc) is 2.36. The van der Waals surface area contributed by atoms with E-state index in [2.05, 4.69) is 5.32 Å². The van der Waals surface area contributed by atoms with Gasteiger partial charge < -0.3 is 14.2 Å². The van der Waals surface area contributed by atoms with E-state index in [0.29, 0.717) is 23.8 Å². The number of hydrogen-bond donors (Lipinski definition) is 1. The lowest BCUT2D eigenvalue weighted by Crippen LogP contribution is -2.14. The molecule has 0 atom stereocenters. The molecule has 1 N–H and O–H groups in total. The van der Waals surface area contributed by atoms with Crippen molar-refractivity contribution >= 4 is 11.8 Å². The van der Waals surface area contributed by atoms with E-state index in [1.165, 1.54) is 7.11 Å². The molecular formula is C12H17NO4. The zero-order valence-electron chi connectivity index (χ0n) is 10.3. The van der Waals surface area contributed by atoms with Crippen LogP contribution in [-0.2, 0) is 4.74 Å². The van der Waals surface area contributed by atoms with E-state index < -0.39 is 6.09 Å². The molecule has 5 nitrogen and oxygen atoms in total. The summed E-state index contributed by atoms with van der Waals surface area (Å²) < 4.78 is 15.1. The van der Waals surface area contributed by atoms with E-state index in [-0.39, 0.29) is 0 Å². The average molecular weight is 239 g/mol. The molecule has 17 heavy (non-hydrogen) atoms. The first-order valence-corrected chi connectivity index (χ1v) is 5.37. The lowest BCUT2D eigenvalue weighted by Gasteiger charge is -2.10. The molecule has 0 bridgehead atoms. The molecule has 5 heteroatoms. The Morgan fingerprint density at radius 2 is 1.94 bits per heavy atom. The molecule has 0 saturated heterocycles. The number of ether oxygens (including phenoxy) is 3. The second-order valence-corrected chi connectivity index (χ2v) is 3.33. The standard InChI is InChI=1S/C12H17NO4/c1-4-7-17-12(14)13-9-5-6-10(15-2)11(8-9)16-3/h5-6,8H,4,7H2,1-3H3,(H,13,14). The Balaban J connectivity index is 2.68. The van der Waals surface area contributed by atoms with Gasteiger partial charge in [0.15, 0.2) is 11.5 Å². The summed E-state index contributed by atoms with van der Waals surface area (Å²) in [7, 11) is 3.09. The predicted octanol–water partition coefficient (Wildman–Crippen LogP) is 2.66. The number of nitrogens with one attached hydrogen (secondary N) is 1. The first kappa shape index (κ1) is 13.2. The summed E-state index contributed by atoms with van der Waals surface area (Å²) >= 11 is 0. The summed E-state index contributed by atoms with van der Waals surface area (Å²) in [4.78, 5) is 11.3. The summed E-state index contributed by atoms with van der Waals surface area (Å²) in [6.45, 7) is 2.34. The summed E-state index contributed by atoms with van der Waals surface area (Å²) in [6, 6.07) is 5.11. The molecule has 0 heterocycles. The maximum absolute atomic E-state index is 11.3. The molecule has 0 aromatic heterocycles. The minimum Gasteiger partial charge on any atom is -0.493 e. The fraction of sp³-hybridized carbons (Fsp3) is 0.417. The summed E-state index contributed by atoms with van der Waals surface area (Å²) in [5.41, 5.74) is 0.601. The molecule has 0 saturated carbocycles. The van der Waals surface area contributed by atoms with Gasteiger partial charge in [0.2, 0.25) is 0 Å². The molecule has 0 radical (unpaired) electrons. The number of benzene rings is 1. The molecular weight excluding hydrogens is 222 g/mol. The van der Waals surface area contributed by atoms with Crippen LogP contribution in [0.15, 0.2) is 18.2 Å². The van der Waals surface area contributed by atoms with Crippen LogP contribution in [0.3, 0.4) is 0 Å². The fourth-order valence-corrected chi connectivity index (χ4v) is 1.26. The van der Waals surface area contributed by atoms with Crippen molar-refractivity contribution in [2.75, 3.05) is 26.1 Å². The Kier molecular flexibility index (Phi) is 5.13. The number of carbonyl (C=O) groups excluding carboxylic acids is 1. The molecule has 0 aliphatic heterocycles. The van der Waals surface area contributed by atoms with Crippen molar-refractivity contribution in [2.24, 2.45) is 0 Å². The topological polar surface area (TPSA) is 56.8 Å². The van der Waals surface area contributed by atoms with Gasteiger partial charge in [-0.05, 0) is 18.6 Å². The van der Waals surface area contributed by atoms with Crippen molar-refractivity contribution in [3.8, 4) is 11.5 Å². The van der Waals surface area contributed by atoms with E-state index in [1.54, 1.807) is 25.3 Å². The summed E-state index contributed by atoms with van der Waals surface area (Å²) in [6.07, 6.45) is 0.318. The second kappa shape index (κ2) is 6.62. The molecule has 0 unspecified atom stereocenters. The minimum atomic E-state index is -0.473. The number of carbonyl (C=O) groups is 1. The van der Waals surface area contributed by atoms with Gasteiger partial charge in [-0.15, -0.1) is 0 Å². The molecule has 1 rings (SSSR count). The van der Waals surface area contributed by atoms with Crippen LogP contribution in [0.1, 0.15) is 13.3 Å². The highest BCUT2D eigenvalue weighted by atomic mass is 16.5. The van der Waals surface area contributed by atoms with Crippen molar-refractivity contribution in [1.29, 1.82) is 0 Å². The van der Waals surface area contributed by atoms with Crippen molar-refractivity contribution in [1.82, 2.24) is 0 Å². The number of amides is 1. The second-order valence-electron chi connectivity index (χ2n) is 3.33. The zero-order valence-corrected chi connectivity index (χ0v) is 10.3. The number of anilines is 1. The highest BCUT2D eigenvalue weighted by Gasteiger charge is 2.07. The lowest BCUT2D eigenvalue weighted by molar-refractivity contribution is 0.161. The highest BCUT2D eigenvalue weighted by molar-refractivity contribution is 5.85. The zero-order chi connectivity index (χ0) is 12.7. The number of hydrogen-bond acceptors (Lipinski definition) is 4. The van der Waals surface area contributed by atoms with Crippen LogP contribution in [0, 0.1) is 0 Å². The van der Waals surface area contributed by atoms with Gasteiger partial charge in [-0.1, -0.05) is 6.92 Å². The normalized spacial score (nSPS) is 9.59. The SMILES string of the molecule is CCCOC(=O)Nc1ccc(OC)c(OC)c1. The third-order valence-corrected chi connectivity index (χ3v) is 2.07. The van der Waals surface area contributed by atoms with Gasteiger partial charge in [0.05, 0.1) is 20.8 Å². The summed E-state index contributed by atoms with van der Waals surface area (Å²) in [5.74, 6) is 1.17. The van der Waals surface area contributed by atoms with Crippen LogP contribution in [0.4, 0.5) is 10.5 Å². The van der Waals surface area contributed by atoms with Crippen LogP contribution in [0.25, 0.3) is 0 Å². The van der Waals surface area contributed by atoms with E-state index in [1.807, 2.05) is 6.92 Å². The molecule has 0 aliphatic rings. The van der Waals surface area contributed by atoms with Crippen molar-refractivity contribution < 1.29 is 19.0 Å². The van der Waals surface area contributed by atoms with Gasteiger partial charge >= 0.3 is 6.09 Å². The van der Waals surface area contributed by atoms with Gasteiger partial charge in [-0.3, -0.25) is 5.32 Å². The quantitative estimate of drug-likeness (QED) is 0.858. The van der Waals surface area contributed by atoms with E-state index in [9.17, 15) is 4.79 Å². The third-order valence-electron chi connectivity index (χ3n) is 2.07. The molecule has 0 aliphatic carbocycles. The molecule has 0 spiro atoms. The molecule has 1 amide bonds. The maximum atomic E-state index is 11.3. The number of methoxy groups -OCH3 is 2. The van der Waals surface area contributed by atoms with Gasteiger partial charge in [-0.25, -0.2) is 4.79 Å². The van der Waals surface area contributed by atoms with Crippen LogP contribution in [-0.4, -0.2) is 26.9 Å². The fourth-order valence-electron chi connectivity index (χ4n) is 1.26. The Morgan fingerprint density at radius 3 is 2.53 bits per heavy atom. The third kappa shape index (κ3) is 3.86. The monoisotopic (exact) mass is 239 g/mol. The van der Waals surface area contributed by atoms with E-state index in [4.69, 9.17) is 14.2 Å². The Bertz CT molecular complexity index is 379. The Labute approximate surface area is 101 Å². The summed E-state index contributed by atoms with van der Waals surface area (Å²) in [5, 5.41) is 2.61. The first-order valence-electron chi connectivity index (χ1n) is 5.37. The van der Waals surface area contributed by atoms with Crippen LogP contribution < -0.4 is 14.8 Å².